The van der Waals surface area contributed by atoms with Crippen LogP contribution in [-0.4, -0.2) is 70.8 Å². The second-order valence-electron chi connectivity index (χ2n) is 10.2. The number of nitrogens with zero attached hydrogens (tertiary/aromatic N) is 2. The van der Waals surface area contributed by atoms with Crippen molar-refractivity contribution in [3.8, 4) is 0 Å². The molecule has 2 saturated heterocycles. The lowest BCUT2D eigenvalue weighted by molar-refractivity contribution is -0.175. The van der Waals surface area contributed by atoms with Gasteiger partial charge in [-0.3, -0.25) is 9.59 Å². The lowest BCUT2D eigenvalue weighted by atomic mass is 9.82. The molecule has 0 aromatic heterocycles. The van der Waals surface area contributed by atoms with Crippen LogP contribution < -0.4 is 5.32 Å². The molecule has 2 fully saturated rings. The van der Waals surface area contributed by atoms with E-state index in [1.807, 2.05) is 24.3 Å². The molecule has 0 bridgehead atoms. The molecule has 0 saturated carbocycles. The number of urea groups is 1. The molecule has 3 atom stereocenters. The Morgan fingerprint density at radius 3 is 2.43 bits per heavy atom. The summed E-state index contributed by atoms with van der Waals surface area (Å²) in [5.41, 5.74) is 1.66. The van der Waals surface area contributed by atoms with Crippen molar-refractivity contribution in [2.24, 2.45) is 11.3 Å². The highest BCUT2D eigenvalue weighted by atomic mass is 16.7. The molecular formula is C25H31N3O7. The van der Waals surface area contributed by atoms with Crippen LogP contribution >= 0.6 is 0 Å². The zero-order chi connectivity index (χ0) is 25.5. The largest absolute Gasteiger partial charge is 0.427 e. The predicted octanol–water partition coefficient (Wildman–Crippen LogP) is 1.62. The maximum atomic E-state index is 13.0. The Morgan fingerprint density at radius 2 is 1.86 bits per heavy atom. The lowest BCUT2D eigenvalue weighted by Gasteiger charge is -2.44. The second kappa shape index (κ2) is 9.33. The second-order valence-corrected chi connectivity index (χ2v) is 10.2. The van der Waals surface area contributed by atoms with Crippen LogP contribution in [0.2, 0.25) is 0 Å². The molecule has 0 unspecified atom stereocenters. The number of amides is 3. The number of benzene rings is 1. The number of aliphatic hydroxyl groups is 1. The van der Waals surface area contributed by atoms with Gasteiger partial charge in [-0.05, 0) is 50.8 Å². The fourth-order valence-electron chi connectivity index (χ4n) is 4.63. The van der Waals surface area contributed by atoms with E-state index >= 15 is 0 Å². The summed E-state index contributed by atoms with van der Waals surface area (Å²) in [6, 6.07) is 7.01. The molecule has 0 spiro atoms. The van der Waals surface area contributed by atoms with Crippen molar-refractivity contribution in [3.63, 3.8) is 0 Å². The molecule has 35 heavy (non-hydrogen) atoms. The first kappa shape index (κ1) is 24.7. The summed E-state index contributed by atoms with van der Waals surface area (Å²) in [7, 11) is 0. The standard InChI is InChI=1S/C25H31N3O7/c1-14(29)19-18-11-17(16-7-5-15(6-8-16)12-27-10-9-26-24(27)33)20(28(18)21(19)30)22(31)34-13-35-23(32)25(2,3)4/h5-8,14,18-19,29H,9-13H2,1-4H3,(H,26,33)/t14-,18-,19-/m1/s1. The van der Waals surface area contributed by atoms with Gasteiger partial charge in [0.25, 0.3) is 0 Å². The van der Waals surface area contributed by atoms with Crippen LogP contribution in [0.5, 0.6) is 0 Å². The molecule has 3 heterocycles. The van der Waals surface area contributed by atoms with Crippen molar-refractivity contribution in [1.29, 1.82) is 0 Å². The topological polar surface area (TPSA) is 125 Å². The number of carbonyl (C=O) groups excluding carboxylic acids is 4. The molecule has 1 aromatic carbocycles. The number of hydrogen-bond acceptors (Lipinski definition) is 7. The third-order valence-corrected chi connectivity index (χ3v) is 6.54. The Kier molecular flexibility index (Phi) is 6.59. The minimum Gasteiger partial charge on any atom is -0.427 e. The van der Waals surface area contributed by atoms with E-state index in [2.05, 4.69) is 5.32 Å². The SMILES string of the molecule is C[C@@H](O)[C@H]1C(=O)N2C(C(=O)OCOC(=O)C(C)(C)C)=C(c3ccc(CN4CCNC4=O)cc3)C[C@H]12. The van der Waals surface area contributed by atoms with E-state index in [1.54, 1.807) is 32.6 Å². The molecule has 0 radical (unpaired) electrons. The van der Waals surface area contributed by atoms with Gasteiger partial charge in [0, 0.05) is 19.6 Å². The number of ether oxygens (including phenoxy) is 2. The summed E-state index contributed by atoms with van der Waals surface area (Å²) < 4.78 is 10.3. The number of carbonyl (C=O) groups is 4. The zero-order valence-electron chi connectivity index (χ0n) is 20.4. The van der Waals surface area contributed by atoms with Gasteiger partial charge in [0.1, 0.15) is 5.70 Å². The molecule has 0 aliphatic carbocycles. The Bertz CT molecular complexity index is 1070. The minimum atomic E-state index is -0.845. The lowest BCUT2D eigenvalue weighted by Crippen LogP contribution is -2.61. The molecule has 188 valence electrons. The Hall–Kier alpha value is -3.40. The van der Waals surface area contributed by atoms with Gasteiger partial charge in [-0.25, -0.2) is 9.59 Å². The molecule has 10 nitrogen and oxygen atoms in total. The molecule has 4 rings (SSSR count). The van der Waals surface area contributed by atoms with Crippen molar-refractivity contribution in [3.05, 3.63) is 41.1 Å². The first-order valence-electron chi connectivity index (χ1n) is 11.7. The Labute approximate surface area is 203 Å². The molecular weight excluding hydrogens is 454 g/mol. The summed E-state index contributed by atoms with van der Waals surface area (Å²) in [5, 5.41) is 12.8. The van der Waals surface area contributed by atoms with Gasteiger partial charge >= 0.3 is 18.0 Å². The number of hydrogen-bond donors (Lipinski definition) is 2. The normalized spacial score (nSPS) is 22.5. The van der Waals surface area contributed by atoms with Crippen LogP contribution in [0.15, 0.2) is 30.0 Å². The summed E-state index contributed by atoms with van der Waals surface area (Å²) >= 11 is 0. The molecule has 2 N–H and O–H groups in total. The van der Waals surface area contributed by atoms with E-state index in [9.17, 15) is 24.3 Å². The fourth-order valence-corrected chi connectivity index (χ4v) is 4.63. The van der Waals surface area contributed by atoms with E-state index in [0.717, 1.165) is 11.1 Å². The average Bonchev–Trinajstić information content (AvgIpc) is 3.34. The van der Waals surface area contributed by atoms with Crippen LogP contribution in [0.25, 0.3) is 5.57 Å². The fraction of sp³-hybridized carbons (Fsp3) is 0.520. The monoisotopic (exact) mass is 485 g/mol. The maximum Gasteiger partial charge on any atom is 0.358 e. The van der Waals surface area contributed by atoms with Crippen LogP contribution in [0.3, 0.4) is 0 Å². The molecule has 1 aromatic rings. The Morgan fingerprint density at radius 1 is 1.17 bits per heavy atom. The highest BCUT2D eigenvalue weighted by Crippen LogP contribution is 2.47. The van der Waals surface area contributed by atoms with E-state index in [4.69, 9.17) is 9.47 Å². The van der Waals surface area contributed by atoms with E-state index < -0.39 is 36.2 Å². The molecule has 3 aliphatic rings. The number of nitrogens with one attached hydrogen (secondary N) is 1. The van der Waals surface area contributed by atoms with Gasteiger partial charge in [-0.1, -0.05) is 24.3 Å². The van der Waals surface area contributed by atoms with Gasteiger partial charge < -0.3 is 29.7 Å². The van der Waals surface area contributed by atoms with Gasteiger partial charge in [0.15, 0.2) is 0 Å². The van der Waals surface area contributed by atoms with Crippen molar-refractivity contribution < 1.29 is 33.8 Å². The first-order valence-corrected chi connectivity index (χ1v) is 11.7. The van der Waals surface area contributed by atoms with Crippen LogP contribution in [0.1, 0.15) is 45.2 Å². The van der Waals surface area contributed by atoms with E-state index in [1.165, 1.54) is 4.90 Å². The smallest absolute Gasteiger partial charge is 0.358 e. The van der Waals surface area contributed by atoms with Gasteiger partial charge in [0.05, 0.1) is 23.5 Å². The Balaban J connectivity index is 1.54. The third-order valence-electron chi connectivity index (χ3n) is 6.54. The quantitative estimate of drug-likeness (QED) is 0.342. The predicted molar refractivity (Wildman–Crippen MR) is 124 cm³/mol. The maximum absolute atomic E-state index is 13.0. The molecule has 3 amide bonds. The molecule has 3 aliphatic heterocycles. The van der Waals surface area contributed by atoms with Crippen LogP contribution in [0.4, 0.5) is 4.79 Å². The summed E-state index contributed by atoms with van der Waals surface area (Å²) in [5.74, 6) is -2.21. The van der Waals surface area contributed by atoms with Crippen molar-refractivity contribution in [2.45, 2.75) is 52.8 Å². The van der Waals surface area contributed by atoms with Gasteiger partial charge in [-0.15, -0.1) is 0 Å². The molecule has 10 heteroatoms. The van der Waals surface area contributed by atoms with Gasteiger partial charge in [-0.2, -0.15) is 0 Å². The number of fused-ring (bicyclic) bond motifs is 1. The summed E-state index contributed by atoms with van der Waals surface area (Å²) in [6.45, 7) is 7.80. The van der Waals surface area contributed by atoms with Crippen molar-refractivity contribution in [1.82, 2.24) is 15.1 Å². The van der Waals surface area contributed by atoms with E-state index in [0.29, 0.717) is 31.6 Å². The van der Waals surface area contributed by atoms with E-state index in [-0.39, 0.29) is 23.7 Å². The first-order chi connectivity index (χ1) is 16.5. The van der Waals surface area contributed by atoms with Gasteiger partial charge in [0.2, 0.25) is 12.7 Å². The van der Waals surface area contributed by atoms with Crippen molar-refractivity contribution in [2.75, 3.05) is 19.9 Å². The van der Waals surface area contributed by atoms with Crippen LogP contribution in [0, 0.1) is 11.3 Å². The number of esters is 2. The number of rotatable bonds is 7. The summed E-state index contributed by atoms with van der Waals surface area (Å²) in [4.78, 5) is 52.7. The third kappa shape index (κ3) is 4.75. The van der Waals surface area contributed by atoms with Crippen molar-refractivity contribution >= 4 is 29.5 Å². The zero-order valence-corrected chi connectivity index (χ0v) is 20.4. The highest BCUT2D eigenvalue weighted by molar-refractivity contribution is 6.06. The highest BCUT2D eigenvalue weighted by Gasteiger charge is 2.57. The minimum absolute atomic E-state index is 0.100. The van der Waals surface area contributed by atoms with Crippen LogP contribution in [-0.2, 0) is 30.4 Å². The number of aliphatic hydroxyl groups excluding tert-OH is 1. The average molecular weight is 486 g/mol. The number of β-lactam (4-membered cyclic amide) rings is 1. The summed E-state index contributed by atoms with van der Waals surface area (Å²) in [6.07, 6.45) is -0.455.